The molecule has 1 unspecified atom stereocenters. The molecule has 0 radical (unpaired) electrons. The van der Waals surface area contributed by atoms with Crippen molar-refractivity contribution in [3.63, 3.8) is 0 Å². The van der Waals surface area contributed by atoms with E-state index in [1.807, 2.05) is 49.2 Å². The summed E-state index contributed by atoms with van der Waals surface area (Å²) in [6, 6.07) is 12.3. The zero-order chi connectivity index (χ0) is 19.1. The molecule has 0 aromatic heterocycles. The van der Waals surface area contributed by atoms with Crippen LogP contribution in [-0.2, 0) is 17.9 Å². The number of ether oxygens (including phenoxy) is 2. The molecule has 0 aliphatic heterocycles. The van der Waals surface area contributed by atoms with Crippen molar-refractivity contribution in [2.24, 2.45) is 0 Å². The highest BCUT2D eigenvalue weighted by Gasteiger charge is 2.19. The summed E-state index contributed by atoms with van der Waals surface area (Å²) in [7, 11) is 5.02. The predicted octanol–water partition coefficient (Wildman–Crippen LogP) is 2.55. The van der Waals surface area contributed by atoms with Crippen LogP contribution >= 0.6 is 0 Å². The standard InChI is InChI=1S/C20H26N2O4/c1-14(22(2)13-16-7-5-6-8-17(16)23)20(24)21-12-15-9-10-18(25-3)19(11-15)26-4/h5-11,14,23H,12-13H2,1-4H3,(H,21,24). The van der Waals surface area contributed by atoms with E-state index >= 15 is 0 Å². The molecule has 2 N–H and O–H groups in total. The van der Waals surface area contributed by atoms with Crippen molar-refractivity contribution in [3.05, 3.63) is 53.6 Å². The number of phenolic OH excluding ortho intramolecular Hbond substituents is 1. The van der Waals surface area contributed by atoms with Crippen LogP contribution in [0.1, 0.15) is 18.1 Å². The third-order valence-electron chi connectivity index (χ3n) is 4.37. The van der Waals surface area contributed by atoms with E-state index in [4.69, 9.17) is 9.47 Å². The summed E-state index contributed by atoms with van der Waals surface area (Å²) >= 11 is 0. The van der Waals surface area contributed by atoms with Crippen LogP contribution in [0.3, 0.4) is 0 Å². The van der Waals surface area contributed by atoms with E-state index < -0.39 is 0 Å². The Morgan fingerprint density at radius 1 is 1.15 bits per heavy atom. The summed E-state index contributed by atoms with van der Waals surface area (Å²) in [5, 5.41) is 12.8. The maximum Gasteiger partial charge on any atom is 0.237 e. The van der Waals surface area contributed by atoms with Gasteiger partial charge in [-0.3, -0.25) is 9.69 Å². The lowest BCUT2D eigenvalue weighted by Crippen LogP contribution is -2.42. The molecule has 0 aliphatic rings. The fourth-order valence-electron chi connectivity index (χ4n) is 2.58. The molecule has 2 aromatic rings. The fourth-order valence-corrected chi connectivity index (χ4v) is 2.58. The Labute approximate surface area is 154 Å². The third-order valence-corrected chi connectivity index (χ3v) is 4.37. The number of aromatic hydroxyl groups is 1. The minimum Gasteiger partial charge on any atom is -0.508 e. The number of carbonyl (C=O) groups excluding carboxylic acids is 1. The van der Waals surface area contributed by atoms with E-state index in [1.165, 1.54) is 0 Å². The molecular formula is C20H26N2O4. The van der Waals surface area contributed by atoms with Crippen LogP contribution in [0.25, 0.3) is 0 Å². The smallest absolute Gasteiger partial charge is 0.237 e. The van der Waals surface area contributed by atoms with Crippen LogP contribution in [-0.4, -0.2) is 43.2 Å². The molecule has 1 amide bonds. The summed E-state index contributed by atoms with van der Waals surface area (Å²) < 4.78 is 10.5. The largest absolute Gasteiger partial charge is 0.508 e. The molecule has 0 aliphatic carbocycles. The Morgan fingerprint density at radius 3 is 2.50 bits per heavy atom. The van der Waals surface area contributed by atoms with Gasteiger partial charge in [0.2, 0.25) is 5.91 Å². The van der Waals surface area contributed by atoms with Crippen LogP contribution in [0.5, 0.6) is 17.2 Å². The minimum atomic E-state index is -0.338. The highest BCUT2D eigenvalue weighted by Crippen LogP contribution is 2.27. The van der Waals surface area contributed by atoms with E-state index in [-0.39, 0.29) is 17.7 Å². The van der Waals surface area contributed by atoms with Gasteiger partial charge in [-0.25, -0.2) is 0 Å². The number of benzene rings is 2. The van der Waals surface area contributed by atoms with Gasteiger partial charge in [0.15, 0.2) is 11.5 Å². The molecular weight excluding hydrogens is 332 g/mol. The van der Waals surface area contributed by atoms with E-state index in [0.29, 0.717) is 24.6 Å². The average Bonchev–Trinajstić information content (AvgIpc) is 2.66. The third kappa shape index (κ3) is 4.89. The van der Waals surface area contributed by atoms with Crippen LogP contribution in [0, 0.1) is 0 Å². The monoisotopic (exact) mass is 358 g/mol. The van der Waals surface area contributed by atoms with Gasteiger partial charge in [0, 0.05) is 18.7 Å². The van der Waals surface area contributed by atoms with Crippen LogP contribution in [0.15, 0.2) is 42.5 Å². The number of amides is 1. The normalized spacial score (nSPS) is 11.9. The number of carbonyl (C=O) groups is 1. The van der Waals surface area contributed by atoms with E-state index in [0.717, 1.165) is 11.1 Å². The summed E-state index contributed by atoms with van der Waals surface area (Å²) in [4.78, 5) is 14.3. The van der Waals surface area contributed by atoms with Gasteiger partial charge >= 0.3 is 0 Å². The number of likely N-dealkylation sites (N-methyl/N-ethyl adjacent to an activating group) is 1. The van der Waals surface area contributed by atoms with Gasteiger partial charge in [-0.15, -0.1) is 0 Å². The maximum atomic E-state index is 12.4. The number of phenols is 1. The second-order valence-electron chi connectivity index (χ2n) is 6.13. The lowest BCUT2D eigenvalue weighted by molar-refractivity contribution is -0.125. The number of hydrogen-bond acceptors (Lipinski definition) is 5. The molecule has 0 saturated heterocycles. The minimum absolute atomic E-state index is 0.0855. The molecule has 2 rings (SSSR count). The number of hydrogen-bond donors (Lipinski definition) is 2. The zero-order valence-corrected chi connectivity index (χ0v) is 15.7. The molecule has 140 valence electrons. The van der Waals surface area contributed by atoms with Gasteiger partial charge in [0.05, 0.1) is 20.3 Å². The van der Waals surface area contributed by atoms with E-state index in [1.54, 1.807) is 26.4 Å². The first-order chi connectivity index (χ1) is 12.5. The quantitative estimate of drug-likeness (QED) is 0.759. The summed E-state index contributed by atoms with van der Waals surface area (Å²) in [6.07, 6.45) is 0. The molecule has 0 saturated carbocycles. The van der Waals surface area contributed by atoms with Crippen molar-refractivity contribution in [3.8, 4) is 17.2 Å². The fraction of sp³-hybridized carbons (Fsp3) is 0.350. The highest BCUT2D eigenvalue weighted by atomic mass is 16.5. The summed E-state index contributed by atoms with van der Waals surface area (Å²) in [6.45, 7) is 2.72. The molecule has 1 atom stereocenters. The lowest BCUT2D eigenvalue weighted by atomic mass is 10.1. The maximum absolute atomic E-state index is 12.4. The molecule has 0 heterocycles. The van der Waals surface area contributed by atoms with Gasteiger partial charge in [0.25, 0.3) is 0 Å². The lowest BCUT2D eigenvalue weighted by Gasteiger charge is -2.24. The average molecular weight is 358 g/mol. The van der Waals surface area contributed by atoms with Crippen molar-refractivity contribution >= 4 is 5.91 Å². The summed E-state index contributed by atoms with van der Waals surface area (Å²) in [5.41, 5.74) is 1.71. The van der Waals surface area contributed by atoms with Gasteiger partial charge in [-0.2, -0.15) is 0 Å². The Hall–Kier alpha value is -2.73. The second kappa shape index (κ2) is 9.10. The molecule has 6 nitrogen and oxygen atoms in total. The first kappa shape index (κ1) is 19.6. The predicted molar refractivity (Wildman–Crippen MR) is 100 cm³/mol. The highest BCUT2D eigenvalue weighted by molar-refractivity contribution is 5.81. The van der Waals surface area contributed by atoms with E-state index in [2.05, 4.69) is 5.32 Å². The number of nitrogens with one attached hydrogen (secondary N) is 1. The topological polar surface area (TPSA) is 71.0 Å². The molecule has 0 bridgehead atoms. The van der Waals surface area contributed by atoms with Crippen LogP contribution < -0.4 is 14.8 Å². The number of para-hydroxylation sites is 1. The molecule has 0 fully saturated rings. The van der Waals surface area contributed by atoms with Gasteiger partial charge in [-0.1, -0.05) is 24.3 Å². The second-order valence-corrected chi connectivity index (χ2v) is 6.13. The first-order valence-electron chi connectivity index (χ1n) is 8.42. The number of rotatable bonds is 8. The van der Waals surface area contributed by atoms with Gasteiger partial charge < -0.3 is 19.9 Å². The van der Waals surface area contributed by atoms with E-state index in [9.17, 15) is 9.90 Å². The molecule has 6 heteroatoms. The van der Waals surface area contributed by atoms with Crippen molar-refractivity contribution in [2.45, 2.75) is 26.1 Å². The Bertz CT molecular complexity index is 748. The Balaban J connectivity index is 1.93. The van der Waals surface area contributed by atoms with Gasteiger partial charge in [-0.05, 0) is 37.7 Å². The van der Waals surface area contributed by atoms with Gasteiger partial charge in [0.1, 0.15) is 5.75 Å². The number of nitrogens with zero attached hydrogens (tertiary/aromatic N) is 1. The van der Waals surface area contributed by atoms with Crippen molar-refractivity contribution in [2.75, 3.05) is 21.3 Å². The molecule has 26 heavy (non-hydrogen) atoms. The molecule has 2 aromatic carbocycles. The van der Waals surface area contributed by atoms with Crippen molar-refractivity contribution in [1.29, 1.82) is 0 Å². The first-order valence-corrected chi connectivity index (χ1v) is 8.42. The van der Waals surface area contributed by atoms with Crippen molar-refractivity contribution < 1.29 is 19.4 Å². The molecule has 0 spiro atoms. The van der Waals surface area contributed by atoms with Crippen LogP contribution in [0.2, 0.25) is 0 Å². The zero-order valence-electron chi connectivity index (χ0n) is 15.7. The van der Waals surface area contributed by atoms with Crippen LogP contribution in [0.4, 0.5) is 0 Å². The SMILES string of the molecule is COc1ccc(CNC(=O)C(C)N(C)Cc2ccccc2O)cc1OC. The number of methoxy groups -OCH3 is 2. The summed E-state index contributed by atoms with van der Waals surface area (Å²) in [5.74, 6) is 1.43. The Morgan fingerprint density at radius 2 is 1.85 bits per heavy atom. The Kier molecular flexibility index (Phi) is 6.86. The van der Waals surface area contributed by atoms with Crippen molar-refractivity contribution in [1.82, 2.24) is 10.2 Å².